The molecule has 1 aliphatic rings. The van der Waals surface area contributed by atoms with Crippen LogP contribution in [0.15, 0.2) is 47.5 Å². The standard InChI is InChI=1S/C20H25N3O3.HI/c1-21-20(22-11-2-3-15-4-7-17(24)8-5-15)23-12-10-16-6-9-18-19(13-16)26-14-25-18;/h4-9,13,24H,2-3,10-12,14H2,1H3,(H2,21,22,23);1H. The lowest BCUT2D eigenvalue weighted by molar-refractivity contribution is 0.174. The van der Waals surface area contributed by atoms with Crippen LogP contribution in [0.2, 0.25) is 0 Å². The predicted molar refractivity (Wildman–Crippen MR) is 117 cm³/mol. The van der Waals surface area contributed by atoms with Crippen molar-refractivity contribution in [2.24, 2.45) is 4.99 Å². The number of nitrogens with one attached hydrogen (secondary N) is 2. The van der Waals surface area contributed by atoms with E-state index in [1.54, 1.807) is 19.2 Å². The van der Waals surface area contributed by atoms with Crippen LogP contribution < -0.4 is 20.1 Å². The number of phenols is 1. The maximum absolute atomic E-state index is 9.29. The fourth-order valence-electron chi connectivity index (χ4n) is 2.80. The molecule has 0 aliphatic carbocycles. The van der Waals surface area contributed by atoms with Crippen LogP contribution in [0.25, 0.3) is 0 Å². The van der Waals surface area contributed by atoms with Crippen molar-refractivity contribution in [1.29, 1.82) is 0 Å². The second kappa shape index (κ2) is 10.9. The summed E-state index contributed by atoms with van der Waals surface area (Å²) in [7, 11) is 1.77. The normalized spacial score (nSPS) is 12.4. The molecule has 146 valence electrons. The average molecular weight is 483 g/mol. The van der Waals surface area contributed by atoms with Crippen molar-refractivity contribution in [2.75, 3.05) is 26.9 Å². The van der Waals surface area contributed by atoms with E-state index in [0.29, 0.717) is 12.5 Å². The second-order valence-electron chi connectivity index (χ2n) is 6.13. The summed E-state index contributed by atoms with van der Waals surface area (Å²) in [4.78, 5) is 4.25. The minimum absolute atomic E-state index is 0. The summed E-state index contributed by atoms with van der Waals surface area (Å²) >= 11 is 0. The van der Waals surface area contributed by atoms with Crippen LogP contribution in [0.4, 0.5) is 0 Å². The van der Waals surface area contributed by atoms with Crippen molar-refractivity contribution < 1.29 is 14.6 Å². The van der Waals surface area contributed by atoms with Gasteiger partial charge in [-0.15, -0.1) is 24.0 Å². The van der Waals surface area contributed by atoms with E-state index in [2.05, 4.69) is 21.7 Å². The summed E-state index contributed by atoms with van der Waals surface area (Å²) in [6.45, 7) is 1.93. The Morgan fingerprint density at radius 1 is 0.963 bits per heavy atom. The van der Waals surface area contributed by atoms with Crippen molar-refractivity contribution in [2.45, 2.75) is 19.3 Å². The fourth-order valence-corrected chi connectivity index (χ4v) is 2.80. The molecule has 0 spiro atoms. The third-order valence-electron chi connectivity index (χ3n) is 4.24. The molecule has 2 aromatic carbocycles. The Bertz CT molecular complexity index is 751. The highest BCUT2D eigenvalue weighted by molar-refractivity contribution is 14.0. The summed E-state index contributed by atoms with van der Waals surface area (Å²) in [5.74, 6) is 2.74. The number of hydrogen-bond donors (Lipinski definition) is 3. The predicted octanol–water partition coefficient (Wildman–Crippen LogP) is 3.08. The van der Waals surface area contributed by atoms with Crippen molar-refractivity contribution in [3.63, 3.8) is 0 Å². The van der Waals surface area contributed by atoms with Gasteiger partial charge in [0.2, 0.25) is 6.79 Å². The number of aromatic hydroxyl groups is 1. The monoisotopic (exact) mass is 483 g/mol. The molecule has 6 nitrogen and oxygen atoms in total. The SMILES string of the molecule is CN=C(NCCCc1ccc(O)cc1)NCCc1ccc2c(c1)OCO2.I. The van der Waals surface area contributed by atoms with E-state index >= 15 is 0 Å². The maximum Gasteiger partial charge on any atom is 0.231 e. The number of nitrogens with zero attached hydrogens (tertiary/aromatic N) is 1. The Kier molecular flexibility index (Phi) is 8.50. The Hall–Kier alpha value is -2.16. The van der Waals surface area contributed by atoms with Gasteiger partial charge in [0.25, 0.3) is 0 Å². The number of fused-ring (bicyclic) bond motifs is 1. The minimum atomic E-state index is 0. The second-order valence-corrected chi connectivity index (χ2v) is 6.13. The molecule has 2 aromatic rings. The Labute approximate surface area is 177 Å². The number of phenolic OH excluding ortho intramolecular Hbond substituents is 1. The molecular weight excluding hydrogens is 457 g/mol. The van der Waals surface area contributed by atoms with E-state index in [-0.39, 0.29) is 24.0 Å². The zero-order valence-electron chi connectivity index (χ0n) is 15.4. The van der Waals surface area contributed by atoms with Gasteiger partial charge in [0.05, 0.1) is 0 Å². The van der Waals surface area contributed by atoms with Crippen LogP contribution >= 0.6 is 24.0 Å². The summed E-state index contributed by atoms with van der Waals surface area (Å²) in [6, 6.07) is 13.4. The highest BCUT2D eigenvalue weighted by atomic mass is 127. The smallest absolute Gasteiger partial charge is 0.231 e. The van der Waals surface area contributed by atoms with Gasteiger partial charge in [-0.25, -0.2) is 0 Å². The van der Waals surface area contributed by atoms with E-state index in [1.807, 2.05) is 24.3 Å². The van der Waals surface area contributed by atoms with E-state index in [4.69, 9.17) is 9.47 Å². The molecule has 0 atom stereocenters. The zero-order valence-corrected chi connectivity index (χ0v) is 17.7. The Morgan fingerprint density at radius 2 is 1.67 bits per heavy atom. The molecule has 3 N–H and O–H groups in total. The fraction of sp³-hybridized carbons (Fsp3) is 0.350. The number of aryl methyl sites for hydroxylation is 1. The van der Waals surface area contributed by atoms with Gasteiger partial charge in [-0.2, -0.15) is 0 Å². The molecule has 0 amide bonds. The van der Waals surface area contributed by atoms with Gasteiger partial charge >= 0.3 is 0 Å². The van der Waals surface area contributed by atoms with Crippen LogP contribution in [-0.2, 0) is 12.8 Å². The highest BCUT2D eigenvalue weighted by Crippen LogP contribution is 2.32. The van der Waals surface area contributed by atoms with Gasteiger partial charge < -0.3 is 25.2 Å². The highest BCUT2D eigenvalue weighted by Gasteiger charge is 2.12. The third kappa shape index (κ3) is 6.50. The topological polar surface area (TPSA) is 75.1 Å². The number of aliphatic imine (C=N–C) groups is 1. The molecule has 3 rings (SSSR count). The Balaban J connectivity index is 0.00000261. The number of rotatable bonds is 7. The van der Waals surface area contributed by atoms with Crippen molar-refractivity contribution in [3.05, 3.63) is 53.6 Å². The third-order valence-corrected chi connectivity index (χ3v) is 4.24. The summed E-state index contributed by atoms with van der Waals surface area (Å²) in [5.41, 5.74) is 2.42. The van der Waals surface area contributed by atoms with Crippen LogP contribution in [0.5, 0.6) is 17.2 Å². The number of halogens is 1. The first-order valence-electron chi connectivity index (χ1n) is 8.85. The molecule has 0 saturated carbocycles. The lowest BCUT2D eigenvalue weighted by Crippen LogP contribution is -2.38. The lowest BCUT2D eigenvalue weighted by atomic mass is 10.1. The molecule has 1 heterocycles. The molecule has 0 fully saturated rings. The van der Waals surface area contributed by atoms with E-state index < -0.39 is 0 Å². The average Bonchev–Trinajstić information content (AvgIpc) is 3.13. The van der Waals surface area contributed by atoms with Crippen LogP contribution in [0.3, 0.4) is 0 Å². The van der Waals surface area contributed by atoms with Crippen LogP contribution in [-0.4, -0.2) is 38.0 Å². The van der Waals surface area contributed by atoms with Crippen molar-refractivity contribution in [1.82, 2.24) is 10.6 Å². The lowest BCUT2D eigenvalue weighted by Gasteiger charge is -2.12. The van der Waals surface area contributed by atoms with Crippen LogP contribution in [0.1, 0.15) is 17.5 Å². The van der Waals surface area contributed by atoms with Gasteiger partial charge in [-0.05, 0) is 54.7 Å². The minimum Gasteiger partial charge on any atom is -0.508 e. The first-order chi connectivity index (χ1) is 12.7. The number of benzene rings is 2. The van der Waals surface area contributed by atoms with Crippen LogP contribution in [0, 0.1) is 0 Å². The maximum atomic E-state index is 9.29. The van der Waals surface area contributed by atoms with Gasteiger partial charge in [0, 0.05) is 20.1 Å². The molecule has 1 aliphatic heterocycles. The molecule has 0 radical (unpaired) electrons. The molecule has 0 saturated heterocycles. The quantitative estimate of drug-likeness (QED) is 0.244. The zero-order chi connectivity index (χ0) is 18.2. The molecule has 0 aromatic heterocycles. The van der Waals surface area contributed by atoms with E-state index in [9.17, 15) is 5.11 Å². The van der Waals surface area contributed by atoms with Crippen molar-refractivity contribution in [3.8, 4) is 17.2 Å². The largest absolute Gasteiger partial charge is 0.508 e. The summed E-state index contributed by atoms with van der Waals surface area (Å²) < 4.78 is 10.7. The first-order valence-corrected chi connectivity index (χ1v) is 8.85. The summed E-state index contributed by atoms with van der Waals surface area (Å²) in [6.07, 6.45) is 2.83. The number of ether oxygens (including phenoxy) is 2. The Morgan fingerprint density at radius 3 is 2.44 bits per heavy atom. The summed E-state index contributed by atoms with van der Waals surface area (Å²) in [5, 5.41) is 15.9. The van der Waals surface area contributed by atoms with Gasteiger partial charge in [0.1, 0.15) is 5.75 Å². The van der Waals surface area contributed by atoms with E-state index in [1.165, 1.54) is 11.1 Å². The van der Waals surface area contributed by atoms with Gasteiger partial charge in [0.15, 0.2) is 17.5 Å². The van der Waals surface area contributed by atoms with Gasteiger partial charge in [-0.3, -0.25) is 4.99 Å². The molecule has 27 heavy (non-hydrogen) atoms. The number of guanidine groups is 1. The molecule has 0 bridgehead atoms. The van der Waals surface area contributed by atoms with E-state index in [0.717, 1.165) is 49.8 Å². The van der Waals surface area contributed by atoms with Crippen molar-refractivity contribution >= 4 is 29.9 Å². The van der Waals surface area contributed by atoms with Gasteiger partial charge in [-0.1, -0.05) is 18.2 Å². The number of hydrogen-bond acceptors (Lipinski definition) is 4. The molecular formula is C20H26IN3O3. The molecule has 7 heteroatoms. The molecule has 0 unspecified atom stereocenters. The first kappa shape index (κ1) is 21.1.